The van der Waals surface area contributed by atoms with E-state index in [-0.39, 0.29) is 0 Å². The van der Waals surface area contributed by atoms with E-state index >= 15 is 0 Å². The number of halogens is 1. The second-order valence-corrected chi connectivity index (χ2v) is 5.58. The van der Waals surface area contributed by atoms with E-state index in [4.69, 9.17) is 11.6 Å². The van der Waals surface area contributed by atoms with Crippen molar-refractivity contribution in [3.63, 3.8) is 0 Å². The summed E-state index contributed by atoms with van der Waals surface area (Å²) < 4.78 is 0. The molecular formula is C15H32ClN. The SMILES string of the molecule is CCCCCCCCCNCCCC(C)CCl. The monoisotopic (exact) mass is 261 g/mol. The van der Waals surface area contributed by atoms with Gasteiger partial charge in [-0.3, -0.25) is 0 Å². The Morgan fingerprint density at radius 3 is 2.12 bits per heavy atom. The van der Waals surface area contributed by atoms with Crippen LogP contribution in [0.4, 0.5) is 0 Å². The van der Waals surface area contributed by atoms with Gasteiger partial charge in [0.05, 0.1) is 0 Å². The van der Waals surface area contributed by atoms with Gasteiger partial charge in [0.1, 0.15) is 0 Å². The van der Waals surface area contributed by atoms with Gasteiger partial charge >= 0.3 is 0 Å². The first-order chi connectivity index (χ1) is 8.31. The molecule has 0 bridgehead atoms. The average Bonchev–Trinajstić information content (AvgIpc) is 2.35. The molecule has 0 rings (SSSR count). The fraction of sp³-hybridized carbons (Fsp3) is 1.00. The molecule has 1 N–H and O–H groups in total. The van der Waals surface area contributed by atoms with Gasteiger partial charge in [0.25, 0.3) is 0 Å². The molecule has 0 heterocycles. The lowest BCUT2D eigenvalue weighted by molar-refractivity contribution is 0.516. The Bertz CT molecular complexity index is 139. The summed E-state index contributed by atoms with van der Waals surface area (Å²) in [5, 5.41) is 3.52. The minimum Gasteiger partial charge on any atom is -0.317 e. The standard InChI is InChI=1S/C15H32ClN/c1-3-4-5-6-7-8-9-12-17-13-10-11-15(2)14-16/h15,17H,3-14H2,1-2H3. The summed E-state index contributed by atoms with van der Waals surface area (Å²) in [5.74, 6) is 1.48. The third-order valence-electron chi connectivity index (χ3n) is 3.27. The van der Waals surface area contributed by atoms with Crippen LogP contribution in [0, 0.1) is 5.92 Å². The van der Waals surface area contributed by atoms with Crippen molar-refractivity contribution < 1.29 is 0 Å². The smallest absolute Gasteiger partial charge is 0.0249 e. The Balaban J connectivity index is 2.94. The van der Waals surface area contributed by atoms with Crippen LogP contribution in [0.3, 0.4) is 0 Å². The minimum absolute atomic E-state index is 0.678. The molecule has 1 nitrogen and oxygen atoms in total. The van der Waals surface area contributed by atoms with Gasteiger partial charge in [-0.25, -0.2) is 0 Å². The number of hydrogen-bond donors (Lipinski definition) is 1. The fourth-order valence-corrected chi connectivity index (χ4v) is 2.14. The normalized spacial score (nSPS) is 12.9. The average molecular weight is 262 g/mol. The number of hydrogen-bond acceptors (Lipinski definition) is 1. The molecule has 0 fully saturated rings. The molecule has 0 saturated carbocycles. The Morgan fingerprint density at radius 1 is 0.882 bits per heavy atom. The molecule has 0 aliphatic carbocycles. The van der Waals surface area contributed by atoms with Crippen molar-refractivity contribution in [1.29, 1.82) is 0 Å². The number of nitrogens with one attached hydrogen (secondary N) is 1. The van der Waals surface area contributed by atoms with Gasteiger partial charge in [-0.1, -0.05) is 52.4 Å². The van der Waals surface area contributed by atoms with Gasteiger partial charge in [0.15, 0.2) is 0 Å². The van der Waals surface area contributed by atoms with Crippen molar-refractivity contribution in [3.8, 4) is 0 Å². The third kappa shape index (κ3) is 14.2. The molecule has 0 saturated heterocycles. The summed E-state index contributed by atoms with van der Waals surface area (Å²) in [6.45, 7) is 6.86. The zero-order chi connectivity index (χ0) is 12.8. The molecule has 17 heavy (non-hydrogen) atoms. The summed E-state index contributed by atoms with van der Waals surface area (Å²) in [6.07, 6.45) is 12.3. The highest BCUT2D eigenvalue weighted by molar-refractivity contribution is 6.18. The molecule has 0 aromatic carbocycles. The van der Waals surface area contributed by atoms with Crippen molar-refractivity contribution in [2.45, 2.75) is 71.6 Å². The molecule has 104 valence electrons. The van der Waals surface area contributed by atoms with Crippen LogP contribution in [0.5, 0.6) is 0 Å². The number of rotatable bonds is 13. The summed E-state index contributed by atoms with van der Waals surface area (Å²) in [4.78, 5) is 0. The van der Waals surface area contributed by atoms with E-state index in [1.165, 1.54) is 64.3 Å². The van der Waals surface area contributed by atoms with Crippen LogP contribution in [0.2, 0.25) is 0 Å². The van der Waals surface area contributed by atoms with Gasteiger partial charge in [-0.2, -0.15) is 0 Å². The summed E-state index contributed by atoms with van der Waals surface area (Å²) in [6, 6.07) is 0. The molecule has 0 aromatic heterocycles. The van der Waals surface area contributed by atoms with E-state index in [2.05, 4.69) is 19.2 Å². The maximum Gasteiger partial charge on any atom is 0.0249 e. The van der Waals surface area contributed by atoms with Crippen LogP contribution < -0.4 is 5.32 Å². The van der Waals surface area contributed by atoms with Crippen molar-refractivity contribution in [1.82, 2.24) is 5.32 Å². The molecular weight excluding hydrogens is 230 g/mol. The molecule has 0 aliphatic rings. The van der Waals surface area contributed by atoms with Crippen molar-refractivity contribution >= 4 is 11.6 Å². The van der Waals surface area contributed by atoms with Gasteiger partial charge in [0.2, 0.25) is 0 Å². The second kappa shape index (κ2) is 14.3. The van der Waals surface area contributed by atoms with Crippen LogP contribution in [0.25, 0.3) is 0 Å². The largest absolute Gasteiger partial charge is 0.317 e. The second-order valence-electron chi connectivity index (χ2n) is 5.27. The van der Waals surface area contributed by atoms with E-state index in [0.717, 1.165) is 12.4 Å². The highest BCUT2D eigenvalue weighted by Crippen LogP contribution is 2.07. The Hall–Kier alpha value is 0.250. The van der Waals surface area contributed by atoms with Crippen LogP contribution in [0.1, 0.15) is 71.6 Å². The van der Waals surface area contributed by atoms with E-state index < -0.39 is 0 Å². The molecule has 0 radical (unpaired) electrons. The predicted molar refractivity (Wildman–Crippen MR) is 80.0 cm³/mol. The minimum atomic E-state index is 0.678. The Kier molecular flexibility index (Phi) is 14.5. The molecule has 1 atom stereocenters. The number of alkyl halides is 1. The van der Waals surface area contributed by atoms with E-state index in [0.29, 0.717) is 5.92 Å². The fourth-order valence-electron chi connectivity index (χ4n) is 1.98. The van der Waals surface area contributed by atoms with E-state index in [9.17, 15) is 0 Å². The van der Waals surface area contributed by atoms with E-state index in [1.54, 1.807) is 0 Å². The zero-order valence-corrected chi connectivity index (χ0v) is 12.7. The lowest BCUT2D eigenvalue weighted by Gasteiger charge is -2.08. The van der Waals surface area contributed by atoms with Crippen molar-refractivity contribution in [2.75, 3.05) is 19.0 Å². The summed E-state index contributed by atoms with van der Waals surface area (Å²) in [7, 11) is 0. The highest BCUT2D eigenvalue weighted by atomic mass is 35.5. The topological polar surface area (TPSA) is 12.0 Å². The van der Waals surface area contributed by atoms with Crippen molar-refractivity contribution in [2.24, 2.45) is 5.92 Å². The predicted octanol–water partition coefficient (Wildman–Crippen LogP) is 4.98. The van der Waals surface area contributed by atoms with Crippen LogP contribution >= 0.6 is 11.6 Å². The van der Waals surface area contributed by atoms with Gasteiger partial charge in [-0.15, -0.1) is 11.6 Å². The maximum absolute atomic E-state index is 5.77. The molecule has 0 amide bonds. The van der Waals surface area contributed by atoms with Gasteiger partial charge in [0, 0.05) is 5.88 Å². The molecule has 0 spiro atoms. The number of unbranched alkanes of at least 4 members (excludes halogenated alkanes) is 6. The van der Waals surface area contributed by atoms with E-state index in [1.807, 2.05) is 0 Å². The van der Waals surface area contributed by atoms with Crippen LogP contribution in [0.15, 0.2) is 0 Å². The van der Waals surface area contributed by atoms with Crippen LogP contribution in [-0.2, 0) is 0 Å². The Labute approximate surface area is 114 Å². The van der Waals surface area contributed by atoms with Gasteiger partial charge < -0.3 is 5.32 Å². The van der Waals surface area contributed by atoms with Gasteiger partial charge in [-0.05, 0) is 38.3 Å². The molecule has 2 heteroatoms. The first-order valence-corrected chi connectivity index (χ1v) is 8.11. The van der Waals surface area contributed by atoms with Crippen molar-refractivity contribution in [3.05, 3.63) is 0 Å². The molecule has 1 unspecified atom stereocenters. The first kappa shape index (κ1) is 17.2. The third-order valence-corrected chi connectivity index (χ3v) is 3.80. The Morgan fingerprint density at radius 2 is 1.47 bits per heavy atom. The lowest BCUT2D eigenvalue weighted by Crippen LogP contribution is -2.17. The lowest BCUT2D eigenvalue weighted by atomic mass is 10.1. The molecule has 0 aromatic rings. The highest BCUT2D eigenvalue weighted by Gasteiger charge is 1.98. The summed E-state index contributed by atoms with van der Waals surface area (Å²) in [5.41, 5.74) is 0. The summed E-state index contributed by atoms with van der Waals surface area (Å²) >= 11 is 5.77. The maximum atomic E-state index is 5.77. The molecule has 0 aliphatic heterocycles. The quantitative estimate of drug-likeness (QED) is 0.364. The van der Waals surface area contributed by atoms with Crippen LogP contribution in [-0.4, -0.2) is 19.0 Å². The first-order valence-electron chi connectivity index (χ1n) is 7.58. The zero-order valence-electron chi connectivity index (χ0n) is 11.9.